The molecule has 11 nitrogen and oxygen atoms in total. The summed E-state index contributed by atoms with van der Waals surface area (Å²) in [4.78, 5) is 49.0. The van der Waals surface area contributed by atoms with Gasteiger partial charge in [-0.15, -0.1) is 0 Å². The number of ketones is 1. The Bertz CT molecular complexity index is 1080. The zero-order chi connectivity index (χ0) is 26.6. The molecule has 1 aromatic carbocycles. The average Bonchev–Trinajstić information content (AvgIpc) is 3.52. The number of Topliss-reactive ketones (excluding diaryl/α,β-unsaturated/α-hetero) is 1. The van der Waals surface area contributed by atoms with E-state index < -0.39 is 24.2 Å². The van der Waals surface area contributed by atoms with Crippen molar-refractivity contribution in [2.45, 2.75) is 63.3 Å². The number of rotatable bonds is 7. The molecule has 1 N–H and O–H groups in total. The largest absolute Gasteiger partial charge is 0.369 e. The van der Waals surface area contributed by atoms with E-state index in [0.717, 1.165) is 70.5 Å². The zero-order valence-corrected chi connectivity index (χ0v) is 22.0. The van der Waals surface area contributed by atoms with E-state index in [1.807, 2.05) is 24.3 Å². The second-order valence-corrected chi connectivity index (χ2v) is 10.8. The van der Waals surface area contributed by atoms with Gasteiger partial charge in [0.05, 0.1) is 12.1 Å². The standard InChI is InChI=1S/C27H37N7O4/c1-2-32-12-14-33(15-13-32)20-10-8-19(9-11-20)26(36)29-23(18-6-4-3-5-7-18)27(37)34-16-21(30-31-28)25-24(34)22(35)17-38-25/h8-11,18,21,23-25H,2-7,12-17H2,1H3,(H,29,36)/t21-,23+,24-,25-/m1/s1. The fraction of sp³-hybridized carbons (Fsp3) is 0.667. The minimum atomic E-state index is -0.770. The number of hydrogen-bond donors (Lipinski definition) is 1. The van der Waals surface area contributed by atoms with Gasteiger partial charge in [0.2, 0.25) is 5.91 Å². The van der Waals surface area contributed by atoms with Crippen molar-refractivity contribution in [1.82, 2.24) is 15.1 Å². The number of azide groups is 1. The highest BCUT2D eigenvalue weighted by Gasteiger charge is 2.53. The Morgan fingerprint density at radius 2 is 1.84 bits per heavy atom. The highest BCUT2D eigenvalue weighted by Crippen LogP contribution is 2.33. The topological polar surface area (TPSA) is 131 Å². The summed E-state index contributed by atoms with van der Waals surface area (Å²) in [5, 5.41) is 6.81. The molecule has 204 valence electrons. The first-order valence-corrected chi connectivity index (χ1v) is 13.9. The zero-order valence-electron chi connectivity index (χ0n) is 22.0. The summed E-state index contributed by atoms with van der Waals surface area (Å²) in [6, 6.07) is 5.44. The van der Waals surface area contributed by atoms with Crippen LogP contribution in [0.25, 0.3) is 10.4 Å². The molecule has 0 bridgehead atoms. The molecule has 4 fully saturated rings. The number of hydrogen-bond acceptors (Lipinski definition) is 7. The van der Waals surface area contributed by atoms with E-state index in [-0.39, 0.29) is 36.7 Å². The Kier molecular flexibility index (Phi) is 8.16. The van der Waals surface area contributed by atoms with E-state index in [1.54, 1.807) is 0 Å². The molecule has 5 rings (SSSR count). The van der Waals surface area contributed by atoms with Crippen LogP contribution >= 0.6 is 0 Å². The molecule has 2 amide bonds. The lowest BCUT2D eigenvalue weighted by molar-refractivity contribution is -0.139. The molecule has 0 unspecified atom stereocenters. The van der Waals surface area contributed by atoms with Gasteiger partial charge in [0.25, 0.3) is 5.91 Å². The lowest BCUT2D eigenvalue weighted by Gasteiger charge is -2.35. The van der Waals surface area contributed by atoms with E-state index in [2.05, 4.69) is 32.1 Å². The highest BCUT2D eigenvalue weighted by atomic mass is 16.5. The Morgan fingerprint density at radius 3 is 2.50 bits per heavy atom. The van der Waals surface area contributed by atoms with Gasteiger partial charge < -0.3 is 24.8 Å². The van der Waals surface area contributed by atoms with Crippen LogP contribution in [0, 0.1) is 5.92 Å². The van der Waals surface area contributed by atoms with Crippen LogP contribution < -0.4 is 10.2 Å². The molecule has 4 aliphatic rings. The molecule has 11 heteroatoms. The molecular formula is C27H37N7O4. The Balaban J connectivity index is 1.31. The third-order valence-corrected chi connectivity index (χ3v) is 8.63. The number of nitrogens with one attached hydrogen (secondary N) is 1. The number of carbonyl (C=O) groups excluding carboxylic acids is 3. The van der Waals surface area contributed by atoms with Gasteiger partial charge in [0.1, 0.15) is 18.7 Å². The number of fused-ring (bicyclic) bond motifs is 1. The van der Waals surface area contributed by atoms with E-state index in [4.69, 9.17) is 10.3 Å². The van der Waals surface area contributed by atoms with Gasteiger partial charge in [-0.3, -0.25) is 14.4 Å². The molecule has 38 heavy (non-hydrogen) atoms. The van der Waals surface area contributed by atoms with Gasteiger partial charge in [-0.25, -0.2) is 0 Å². The molecule has 1 aliphatic carbocycles. The summed E-state index contributed by atoms with van der Waals surface area (Å²) < 4.78 is 5.58. The van der Waals surface area contributed by atoms with E-state index in [9.17, 15) is 14.4 Å². The third-order valence-electron chi connectivity index (χ3n) is 8.63. The van der Waals surface area contributed by atoms with Crippen molar-refractivity contribution in [2.24, 2.45) is 11.0 Å². The first-order valence-electron chi connectivity index (χ1n) is 13.9. The smallest absolute Gasteiger partial charge is 0.251 e. The van der Waals surface area contributed by atoms with Crippen LogP contribution in [0.1, 0.15) is 49.4 Å². The van der Waals surface area contributed by atoms with Crippen LogP contribution in [0.2, 0.25) is 0 Å². The number of likely N-dealkylation sites (N-methyl/N-ethyl adjacent to an activating group) is 1. The van der Waals surface area contributed by atoms with Crippen molar-refractivity contribution in [3.63, 3.8) is 0 Å². The van der Waals surface area contributed by atoms with Crippen molar-refractivity contribution in [2.75, 3.05) is 50.8 Å². The third kappa shape index (κ3) is 5.36. The number of nitrogens with zero attached hydrogens (tertiary/aromatic N) is 6. The predicted octanol–water partition coefficient (Wildman–Crippen LogP) is 2.36. The van der Waals surface area contributed by atoms with Crippen molar-refractivity contribution >= 4 is 23.3 Å². The monoisotopic (exact) mass is 523 g/mol. The number of amides is 2. The van der Waals surface area contributed by atoms with Crippen molar-refractivity contribution in [3.05, 3.63) is 40.3 Å². The van der Waals surface area contributed by atoms with Crippen LogP contribution in [-0.4, -0.2) is 97.5 Å². The van der Waals surface area contributed by atoms with Gasteiger partial charge in [0.15, 0.2) is 5.78 Å². The van der Waals surface area contributed by atoms with Crippen molar-refractivity contribution < 1.29 is 19.1 Å². The maximum atomic E-state index is 13.9. The minimum absolute atomic E-state index is 0.0104. The van der Waals surface area contributed by atoms with Gasteiger partial charge in [-0.1, -0.05) is 31.3 Å². The summed E-state index contributed by atoms with van der Waals surface area (Å²) in [7, 11) is 0. The first-order chi connectivity index (χ1) is 18.5. The number of anilines is 1. The summed E-state index contributed by atoms with van der Waals surface area (Å²) in [5.74, 6) is -0.792. The Morgan fingerprint density at radius 1 is 1.13 bits per heavy atom. The SMILES string of the molecule is CCN1CCN(c2ccc(C(=O)N[C@H](C(=O)N3C[C@@H](N=[N+]=[N-])[C@H]4OCC(=O)[C@H]43)C3CCCCC3)cc2)CC1. The number of piperazine rings is 1. The van der Waals surface area contributed by atoms with Crippen LogP contribution in [0.3, 0.4) is 0 Å². The van der Waals surface area contributed by atoms with E-state index in [0.29, 0.717) is 5.56 Å². The van der Waals surface area contributed by atoms with Crippen molar-refractivity contribution in [1.29, 1.82) is 0 Å². The van der Waals surface area contributed by atoms with E-state index in [1.165, 1.54) is 4.90 Å². The molecule has 1 aromatic rings. The van der Waals surface area contributed by atoms with Crippen LogP contribution in [0.15, 0.2) is 29.4 Å². The van der Waals surface area contributed by atoms with Gasteiger partial charge in [-0.2, -0.15) is 0 Å². The van der Waals surface area contributed by atoms with Crippen LogP contribution in [0.5, 0.6) is 0 Å². The van der Waals surface area contributed by atoms with E-state index >= 15 is 0 Å². The van der Waals surface area contributed by atoms with Crippen molar-refractivity contribution in [3.8, 4) is 0 Å². The van der Waals surface area contributed by atoms with Gasteiger partial charge in [-0.05, 0) is 55.1 Å². The maximum absolute atomic E-state index is 13.9. The maximum Gasteiger partial charge on any atom is 0.251 e. The summed E-state index contributed by atoms with van der Waals surface area (Å²) in [5.41, 5.74) is 10.6. The average molecular weight is 524 g/mol. The number of ether oxygens (including phenoxy) is 1. The Labute approximate surface area is 223 Å². The second kappa shape index (κ2) is 11.7. The normalized spacial score (nSPS) is 27.1. The lowest BCUT2D eigenvalue weighted by atomic mass is 9.83. The molecular weight excluding hydrogens is 486 g/mol. The molecule has 0 aromatic heterocycles. The predicted molar refractivity (Wildman–Crippen MR) is 142 cm³/mol. The number of carbonyl (C=O) groups is 3. The highest BCUT2D eigenvalue weighted by molar-refractivity contribution is 5.99. The summed E-state index contributed by atoms with van der Waals surface area (Å²) in [6.45, 7) is 7.20. The lowest BCUT2D eigenvalue weighted by Crippen LogP contribution is -2.55. The molecule has 4 atom stereocenters. The molecule has 0 spiro atoms. The molecule has 3 aliphatic heterocycles. The quantitative estimate of drug-likeness (QED) is 0.332. The summed E-state index contributed by atoms with van der Waals surface area (Å²) in [6.07, 6.45) is 4.16. The van der Waals surface area contributed by atoms with Crippen LogP contribution in [-0.2, 0) is 14.3 Å². The molecule has 3 heterocycles. The first kappa shape index (κ1) is 26.5. The number of likely N-dealkylation sites (tertiary alicyclic amines) is 1. The van der Waals surface area contributed by atoms with Gasteiger partial charge >= 0.3 is 0 Å². The summed E-state index contributed by atoms with van der Waals surface area (Å²) >= 11 is 0. The minimum Gasteiger partial charge on any atom is -0.369 e. The van der Waals surface area contributed by atoms with Gasteiger partial charge in [0, 0.05) is 48.9 Å². The fourth-order valence-corrected chi connectivity index (χ4v) is 6.42. The van der Waals surface area contributed by atoms with Crippen LogP contribution in [0.4, 0.5) is 5.69 Å². The molecule has 0 radical (unpaired) electrons. The fourth-order valence-electron chi connectivity index (χ4n) is 6.42. The Hall–Kier alpha value is -3.14. The second-order valence-electron chi connectivity index (χ2n) is 10.8. The molecule has 1 saturated carbocycles. The number of benzene rings is 1. The molecule has 3 saturated heterocycles.